The van der Waals surface area contributed by atoms with Crippen LogP contribution in [0.1, 0.15) is 65.2 Å². The van der Waals surface area contributed by atoms with Gasteiger partial charge in [-0.1, -0.05) is 25.5 Å². The van der Waals surface area contributed by atoms with Gasteiger partial charge in [0.15, 0.2) is 0 Å². The van der Waals surface area contributed by atoms with Crippen molar-refractivity contribution in [2.45, 2.75) is 77.4 Å². The Hall–Kier alpha value is 0.520. The van der Waals surface area contributed by atoms with Crippen LogP contribution in [-0.2, 0) is 9.05 Å². The van der Waals surface area contributed by atoms with E-state index < -0.39 is 0 Å². The van der Waals surface area contributed by atoms with E-state index in [9.17, 15) is 0 Å². The Kier molecular flexibility index (Phi) is 4.46. The Balaban J connectivity index is 1.63. The van der Waals surface area contributed by atoms with Crippen molar-refractivity contribution in [1.29, 1.82) is 0 Å². The normalized spacial score (nSPS) is 52.3. The first-order valence-electron chi connectivity index (χ1n) is 9.43. The fourth-order valence-corrected chi connectivity index (χ4v) is 7.60. The molecule has 0 aromatic heterocycles. The average Bonchev–Trinajstić information content (AvgIpc) is 2.90. The summed E-state index contributed by atoms with van der Waals surface area (Å²) in [6, 6.07) is 0. The molecule has 0 N–H and O–H groups in total. The van der Waals surface area contributed by atoms with Gasteiger partial charge in [-0.3, -0.25) is 0 Å². The van der Waals surface area contributed by atoms with Crippen LogP contribution in [0.15, 0.2) is 11.6 Å². The largest absolute Gasteiger partial charge is 0.362 e. The van der Waals surface area contributed by atoms with E-state index in [1.165, 1.54) is 44.9 Å². The molecule has 4 aliphatic carbocycles. The van der Waals surface area contributed by atoms with Crippen LogP contribution < -0.4 is 0 Å². The summed E-state index contributed by atoms with van der Waals surface area (Å²) in [6.07, 6.45) is 13.8. The lowest BCUT2D eigenvalue weighted by Gasteiger charge is -2.57. The van der Waals surface area contributed by atoms with Crippen molar-refractivity contribution in [3.63, 3.8) is 0 Å². The molecule has 0 amide bonds. The Bertz CT molecular complexity index is 508. The van der Waals surface area contributed by atoms with E-state index in [0.29, 0.717) is 23.0 Å². The van der Waals surface area contributed by atoms with Gasteiger partial charge < -0.3 is 9.05 Å². The van der Waals surface area contributed by atoms with E-state index in [1.807, 2.05) is 0 Å². The van der Waals surface area contributed by atoms with Crippen LogP contribution >= 0.6 is 18.9 Å². The molecule has 23 heavy (non-hydrogen) atoms. The summed E-state index contributed by atoms with van der Waals surface area (Å²) in [5.74, 6) is 2.62. The van der Waals surface area contributed by atoms with E-state index in [-0.39, 0.29) is 0 Å². The number of rotatable bonds is 2. The highest BCUT2D eigenvalue weighted by molar-refractivity contribution is 7.10. The molecule has 0 aromatic rings. The molecular formula is C19H32O2P2. The zero-order chi connectivity index (χ0) is 16.2. The summed E-state index contributed by atoms with van der Waals surface area (Å²) >= 11 is 0. The van der Waals surface area contributed by atoms with Crippen LogP contribution in [0.2, 0.25) is 0 Å². The molecule has 3 fully saturated rings. The third-order valence-corrected chi connectivity index (χ3v) is 9.04. The summed E-state index contributed by atoms with van der Waals surface area (Å²) in [5, 5.41) is 0. The number of fused-ring (bicyclic) bond motifs is 5. The van der Waals surface area contributed by atoms with Crippen LogP contribution in [-0.4, -0.2) is 12.2 Å². The Morgan fingerprint density at radius 2 is 1.83 bits per heavy atom. The van der Waals surface area contributed by atoms with Crippen molar-refractivity contribution < 1.29 is 9.05 Å². The maximum absolute atomic E-state index is 5.81. The predicted molar refractivity (Wildman–Crippen MR) is 101 cm³/mol. The lowest BCUT2D eigenvalue weighted by molar-refractivity contribution is -0.0603. The first-order valence-corrected chi connectivity index (χ1v) is 10.4. The molecular weight excluding hydrogens is 322 g/mol. The van der Waals surface area contributed by atoms with Crippen molar-refractivity contribution in [1.82, 2.24) is 0 Å². The fourth-order valence-electron chi connectivity index (χ4n) is 6.92. The molecule has 0 heterocycles. The van der Waals surface area contributed by atoms with Gasteiger partial charge >= 0.3 is 0 Å². The van der Waals surface area contributed by atoms with Crippen molar-refractivity contribution in [2.24, 2.45) is 28.6 Å². The first kappa shape index (κ1) is 17.0. The summed E-state index contributed by atoms with van der Waals surface area (Å²) < 4.78 is 11.4. The van der Waals surface area contributed by atoms with Crippen LogP contribution in [0.25, 0.3) is 0 Å². The van der Waals surface area contributed by atoms with Crippen LogP contribution in [0.4, 0.5) is 0 Å². The molecule has 0 radical (unpaired) electrons. The maximum Gasteiger partial charge on any atom is 0.0667 e. The van der Waals surface area contributed by atoms with Gasteiger partial charge in [0.2, 0.25) is 0 Å². The maximum atomic E-state index is 5.81. The summed E-state index contributed by atoms with van der Waals surface area (Å²) in [5.41, 5.74) is 2.55. The molecule has 3 saturated carbocycles. The molecule has 9 atom stereocenters. The second-order valence-corrected chi connectivity index (χ2v) is 9.55. The first-order chi connectivity index (χ1) is 11.0. The molecule has 0 aliphatic heterocycles. The quantitative estimate of drug-likeness (QED) is 0.495. The van der Waals surface area contributed by atoms with Gasteiger partial charge in [-0.2, -0.15) is 0 Å². The van der Waals surface area contributed by atoms with E-state index >= 15 is 0 Å². The molecule has 130 valence electrons. The highest BCUT2D eigenvalue weighted by Crippen LogP contribution is 2.65. The van der Waals surface area contributed by atoms with Crippen molar-refractivity contribution >= 4 is 18.9 Å². The van der Waals surface area contributed by atoms with Gasteiger partial charge in [-0.25, -0.2) is 0 Å². The molecule has 0 spiro atoms. The van der Waals surface area contributed by atoms with Crippen molar-refractivity contribution in [3.05, 3.63) is 11.6 Å². The van der Waals surface area contributed by atoms with Crippen LogP contribution in [0.3, 0.4) is 0 Å². The minimum Gasteiger partial charge on any atom is -0.362 e. The monoisotopic (exact) mass is 354 g/mol. The molecule has 4 rings (SSSR count). The predicted octanol–water partition coefficient (Wildman–Crippen LogP) is 5.30. The zero-order valence-corrected chi connectivity index (χ0v) is 16.9. The van der Waals surface area contributed by atoms with Gasteiger partial charge in [0.05, 0.1) is 12.2 Å². The lowest BCUT2D eigenvalue weighted by atomic mass is 9.48. The standard InChI is InChI=1S/C19H32O2P2/c1-18-9-7-13(20-22)11-12(18)3-4-14-15-5-6-17(21-23)19(15,2)10-8-16(14)18/h3,13-17H,4-11,22-23H2,1-2H3/t13-,14?,15?,16?,17-,18-,19-/m0/s1. The molecule has 0 saturated heterocycles. The van der Waals surface area contributed by atoms with Gasteiger partial charge in [0.25, 0.3) is 0 Å². The number of allylic oxidation sites excluding steroid dienone is 1. The summed E-state index contributed by atoms with van der Waals surface area (Å²) in [4.78, 5) is 0. The van der Waals surface area contributed by atoms with Crippen molar-refractivity contribution in [3.8, 4) is 0 Å². The molecule has 0 aromatic carbocycles. The van der Waals surface area contributed by atoms with E-state index in [4.69, 9.17) is 9.05 Å². The van der Waals surface area contributed by atoms with Gasteiger partial charge in [-0.15, -0.1) is 0 Å². The third kappa shape index (κ3) is 2.43. The van der Waals surface area contributed by atoms with Gasteiger partial charge in [0, 0.05) is 18.9 Å². The smallest absolute Gasteiger partial charge is 0.0667 e. The fraction of sp³-hybridized carbons (Fsp3) is 0.895. The highest BCUT2D eigenvalue weighted by atomic mass is 31.0. The average molecular weight is 354 g/mol. The SMILES string of the molecule is C[C@]12CC[C@H](OP)CC1=CCC1C2CC[C@@]2(C)C1CC[C@@H]2OP. The van der Waals surface area contributed by atoms with Gasteiger partial charge in [0.1, 0.15) is 0 Å². The second kappa shape index (κ2) is 6.05. The van der Waals surface area contributed by atoms with Crippen LogP contribution in [0, 0.1) is 28.6 Å². The van der Waals surface area contributed by atoms with E-state index in [0.717, 1.165) is 24.2 Å². The summed E-state index contributed by atoms with van der Waals surface area (Å²) in [6.45, 7) is 5.08. The minimum atomic E-state index is 0.408. The molecule has 4 aliphatic rings. The minimum absolute atomic E-state index is 0.408. The number of hydrogen-bond donors (Lipinski definition) is 0. The Morgan fingerprint density at radius 1 is 1.00 bits per heavy atom. The van der Waals surface area contributed by atoms with E-state index in [1.54, 1.807) is 5.57 Å². The highest BCUT2D eigenvalue weighted by Gasteiger charge is 2.58. The second-order valence-electron chi connectivity index (χ2n) is 9.01. The molecule has 5 unspecified atom stereocenters. The molecule has 0 bridgehead atoms. The van der Waals surface area contributed by atoms with Crippen molar-refractivity contribution in [2.75, 3.05) is 0 Å². The Morgan fingerprint density at radius 3 is 2.57 bits per heavy atom. The van der Waals surface area contributed by atoms with Gasteiger partial charge in [-0.05, 0) is 80.0 Å². The Labute approximate surface area is 146 Å². The third-order valence-electron chi connectivity index (χ3n) is 8.33. The number of hydrogen-bond acceptors (Lipinski definition) is 2. The lowest BCUT2D eigenvalue weighted by Crippen LogP contribution is -2.51. The molecule has 4 heteroatoms. The molecule has 2 nitrogen and oxygen atoms in total. The summed E-state index contributed by atoms with van der Waals surface area (Å²) in [7, 11) is 5.02. The zero-order valence-electron chi connectivity index (χ0n) is 14.6. The van der Waals surface area contributed by atoms with E-state index in [2.05, 4.69) is 38.9 Å². The topological polar surface area (TPSA) is 18.5 Å². The van der Waals surface area contributed by atoms with Crippen LogP contribution in [0.5, 0.6) is 0 Å².